The third-order valence-corrected chi connectivity index (χ3v) is 4.12. The van der Waals surface area contributed by atoms with Crippen LogP contribution in [0.5, 0.6) is 0 Å². The topological polar surface area (TPSA) is 98.1 Å². The normalized spacial score (nSPS) is 22.8. The number of amides is 1. The van der Waals surface area contributed by atoms with Crippen LogP contribution in [0.3, 0.4) is 0 Å². The molecular formula is C13H21N5OS. The fourth-order valence-corrected chi connectivity index (χ4v) is 3.39. The molecule has 1 aliphatic rings. The van der Waals surface area contributed by atoms with Gasteiger partial charge in [0.25, 0.3) is 0 Å². The number of nitrogens with zero attached hydrogens (tertiary/aromatic N) is 3. The molecule has 1 amide bonds. The predicted octanol–water partition coefficient (Wildman–Crippen LogP) is 1.24. The Hall–Kier alpha value is -1.50. The lowest BCUT2D eigenvalue weighted by atomic mass is 9.92. The highest BCUT2D eigenvalue weighted by Gasteiger charge is 2.25. The van der Waals surface area contributed by atoms with E-state index in [4.69, 9.17) is 11.5 Å². The van der Waals surface area contributed by atoms with Crippen LogP contribution >= 0.6 is 11.8 Å². The summed E-state index contributed by atoms with van der Waals surface area (Å²) in [5, 5.41) is 0.453. The number of hydrogen-bond acceptors (Lipinski definition) is 6. The van der Waals surface area contributed by atoms with Gasteiger partial charge in [0, 0.05) is 19.2 Å². The molecule has 20 heavy (non-hydrogen) atoms. The lowest BCUT2D eigenvalue weighted by Crippen LogP contribution is -2.43. The fraction of sp³-hybridized carbons (Fsp3) is 0.615. The number of piperidine rings is 1. The van der Waals surface area contributed by atoms with E-state index in [0.29, 0.717) is 34.4 Å². The van der Waals surface area contributed by atoms with Gasteiger partial charge in [-0.3, -0.25) is 4.79 Å². The maximum atomic E-state index is 12.2. The summed E-state index contributed by atoms with van der Waals surface area (Å²) in [5.74, 6) is 2.22. The number of likely N-dealkylation sites (tertiary alicyclic amines) is 1. The van der Waals surface area contributed by atoms with Crippen LogP contribution in [-0.2, 0) is 4.79 Å². The molecule has 0 unspecified atom stereocenters. The van der Waals surface area contributed by atoms with Crippen molar-refractivity contribution in [3.63, 3.8) is 0 Å². The maximum absolute atomic E-state index is 12.2. The minimum atomic E-state index is 0.123. The number of thioether (sulfide) groups is 1. The van der Waals surface area contributed by atoms with Crippen LogP contribution in [0.2, 0.25) is 0 Å². The van der Waals surface area contributed by atoms with Crippen molar-refractivity contribution in [3.05, 3.63) is 6.07 Å². The zero-order valence-electron chi connectivity index (χ0n) is 11.9. The lowest BCUT2D eigenvalue weighted by Gasteiger charge is -2.34. The molecule has 7 heteroatoms. The molecule has 1 aromatic heterocycles. The Bertz CT molecular complexity index is 465. The first-order valence-corrected chi connectivity index (χ1v) is 7.73. The predicted molar refractivity (Wildman–Crippen MR) is 81.1 cm³/mol. The average molecular weight is 295 g/mol. The van der Waals surface area contributed by atoms with Crippen LogP contribution < -0.4 is 11.5 Å². The van der Waals surface area contributed by atoms with E-state index in [0.717, 1.165) is 13.1 Å². The van der Waals surface area contributed by atoms with Crippen LogP contribution in [-0.4, -0.2) is 39.6 Å². The summed E-state index contributed by atoms with van der Waals surface area (Å²) in [6.45, 7) is 6.04. The molecule has 6 nitrogen and oxygen atoms in total. The summed E-state index contributed by atoms with van der Waals surface area (Å²) in [7, 11) is 0. The highest BCUT2D eigenvalue weighted by Crippen LogP contribution is 2.23. The summed E-state index contributed by atoms with van der Waals surface area (Å²) in [6, 6.07) is 1.50. The number of carbonyl (C=O) groups is 1. The maximum Gasteiger partial charge on any atom is 0.233 e. The number of hydrogen-bond donors (Lipinski definition) is 2. The van der Waals surface area contributed by atoms with Gasteiger partial charge in [0.15, 0.2) is 5.16 Å². The standard InChI is InChI=1S/C13H21N5OS/c1-8-3-9(2)6-18(5-8)12(19)7-20-13-16-10(14)4-11(15)17-13/h4,8-9H,3,5-7H2,1-2H3,(H4,14,15,16,17)/t8-,9-/m0/s1. The third-order valence-electron chi connectivity index (χ3n) is 3.29. The first kappa shape index (κ1) is 14.9. The molecule has 1 fully saturated rings. The van der Waals surface area contributed by atoms with Gasteiger partial charge in [-0.2, -0.15) is 0 Å². The highest BCUT2D eigenvalue weighted by molar-refractivity contribution is 7.99. The van der Waals surface area contributed by atoms with Crippen LogP contribution in [0.25, 0.3) is 0 Å². The van der Waals surface area contributed by atoms with E-state index >= 15 is 0 Å². The molecule has 0 bridgehead atoms. The third kappa shape index (κ3) is 4.00. The summed E-state index contributed by atoms with van der Waals surface area (Å²) >= 11 is 1.28. The zero-order chi connectivity index (χ0) is 14.7. The van der Waals surface area contributed by atoms with Gasteiger partial charge in [-0.05, 0) is 18.3 Å². The van der Waals surface area contributed by atoms with Gasteiger partial charge < -0.3 is 16.4 Å². The number of nitrogens with two attached hydrogens (primary N) is 2. The molecule has 2 rings (SSSR count). The van der Waals surface area contributed by atoms with Gasteiger partial charge in [0.2, 0.25) is 5.91 Å². The van der Waals surface area contributed by atoms with Gasteiger partial charge in [-0.1, -0.05) is 25.6 Å². The summed E-state index contributed by atoms with van der Waals surface area (Å²) < 4.78 is 0. The van der Waals surface area contributed by atoms with Crippen molar-refractivity contribution in [2.45, 2.75) is 25.4 Å². The van der Waals surface area contributed by atoms with Crippen molar-refractivity contribution in [2.24, 2.45) is 11.8 Å². The quantitative estimate of drug-likeness (QED) is 0.643. The Morgan fingerprint density at radius 1 is 1.30 bits per heavy atom. The van der Waals surface area contributed by atoms with Crippen LogP contribution in [0, 0.1) is 11.8 Å². The first-order chi connectivity index (χ1) is 9.44. The number of nitrogen functional groups attached to an aromatic ring is 2. The van der Waals surface area contributed by atoms with E-state index in [9.17, 15) is 4.79 Å². The second kappa shape index (κ2) is 6.30. The van der Waals surface area contributed by atoms with Crippen molar-refractivity contribution < 1.29 is 4.79 Å². The second-order valence-electron chi connectivity index (χ2n) is 5.53. The zero-order valence-corrected chi connectivity index (χ0v) is 12.7. The Morgan fingerprint density at radius 2 is 1.85 bits per heavy atom. The van der Waals surface area contributed by atoms with Crippen LogP contribution in [0.15, 0.2) is 11.2 Å². The number of rotatable bonds is 3. The van der Waals surface area contributed by atoms with Gasteiger partial charge in [0.05, 0.1) is 5.75 Å². The smallest absolute Gasteiger partial charge is 0.233 e. The van der Waals surface area contributed by atoms with E-state index in [1.165, 1.54) is 24.2 Å². The molecule has 1 saturated heterocycles. The Morgan fingerprint density at radius 3 is 2.40 bits per heavy atom. The lowest BCUT2D eigenvalue weighted by molar-refractivity contribution is -0.130. The van der Waals surface area contributed by atoms with E-state index in [1.54, 1.807) is 0 Å². The second-order valence-corrected chi connectivity index (χ2v) is 6.48. The first-order valence-electron chi connectivity index (χ1n) is 6.74. The van der Waals surface area contributed by atoms with E-state index in [-0.39, 0.29) is 5.91 Å². The fourth-order valence-electron chi connectivity index (χ4n) is 2.61. The van der Waals surface area contributed by atoms with E-state index in [2.05, 4.69) is 23.8 Å². The molecular weight excluding hydrogens is 274 g/mol. The molecule has 0 radical (unpaired) electrons. The summed E-state index contributed by atoms with van der Waals surface area (Å²) in [5.41, 5.74) is 11.2. The number of carbonyl (C=O) groups excluding carboxylic acids is 1. The molecule has 1 aliphatic heterocycles. The SMILES string of the molecule is C[C@H]1C[C@H](C)CN(C(=O)CSc2nc(N)cc(N)n2)C1. The molecule has 0 aliphatic carbocycles. The monoisotopic (exact) mass is 295 g/mol. The van der Waals surface area contributed by atoms with Crippen molar-refractivity contribution in [2.75, 3.05) is 30.3 Å². The largest absolute Gasteiger partial charge is 0.383 e. The average Bonchev–Trinajstić information content (AvgIpc) is 2.33. The van der Waals surface area contributed by atoms with Gasteiger partial charge in [-0.25, -0.2) is 9.97 Å². The minimum Gasteiger partial charge on any atom is -0.383 e. The van der Waals surface area contributed by atoms with E-state index < -0.39 is 0 Å². The number of anilines is 2. The van der Waals surface area contributed by atoms with E-state index in [1.807, 2.05) is 4.90 Å². The summed E-state index contributed by atoms with van der Waals surface area (Å²) in [4.78, 5) is 22.3. The summed E-state index contributed by atoms with van der Waals surface area (Å²) in [6.07, 6.45) is 1.19. The van der Waals surface area contributed by atoms with Gasteiger partial charge in [-0.15, -0.1) is 0 Å². The Kier molecular flexibility index (Phi) is 4.69. The van der Waals surface area contributed by atoms with Crippen molar-refractivity contribution in [3.8, 4) is 0 Å². The van der Waals surface area contributed by atoms with Gasteiger partial charge in [0.1, 0.15) is 11.6 Å². The van der Waals surface area contributed by atoms with Crippen molar-refractivity contribution in [1.29, 1.82) is 0 Å². The highest BCUT2D eigenvalue weighted by atomic mass is 32.2. The number of aromatic nitrogens is 2. The molecule has 2 atom stereocenters. The van der Waals surface area contributed by atoms with Crippen LogP contribution in [0.1, 0.15) is 20.3 Å². The molecule has 110 valence electrons. The Labute approximate surface area is 123 Å². The molecule has 4 N–H and O–H groups in total. The molecule has 0 spiro atoms. The van der Waals surface area contributed by atoms with Crippen molar-refractivity contribution >= 4 is 29.3 Å². The van der Waals surface area contributed by atoms with Crippen LogP contribution in [0.4, 0.5) is 11.6 Å². The molecule has 0 saturated carbocycles. The minimum absolute atomic E-state index is 0.123. The molecule has 2 heterocycles. The molecule has 1 aromatic rings. The van der Waals surface area contributed by atoms with Crippen molar-refractivity contribution in [1.82, 2.24) is 14.9 Å². The molecule has 0 aromatic carbocycles. The van der Waals surface area contributed by atoms with Gasteiger partial charge >= 0.3 is 0 Å². The Balaban J connectivity index is 1.91.